The predicted molar refractivity (Wildman–Crippen MR) is 231 cm³/mol. The molecule has 57 heavy (non-hydrogen) atoms. The van der Waals surface area contributed by atoms with E-state index >= 15 is 0 Å². The number of hydrogen-bond donors (Lipinski definition) is 0. The Balaban J connectivity index is 2.33. The quantitative estimate of drug-likeness (QED) is 0.0148. The van der Waals surface area contributed by atoms with Gasteiger partial charge in [-0.15, -0.1) is 0 Å². The van der Waals surface area contributed by atoms with Crippen LogP contribution in [0.1, 0.15) is 181 Å². The van der Waals surface area contributed by atoms with Crippen LogP contribution >= 0.6 is 7.82 Å². The lowest BCUT2D eigenvalue weighted by Gasteiger charge is -2.28. The molecule has 0 N–H and O–H groups in total. The van der Waals surface area contributed by atoms with Crippen LogP contribution in [0.25, 0.3) is 0 Å². The smallest absolute Gasteiger partial charge is 0.306 e. The Morgan fingerprint density at radius 2 is 1.18 bits per heavy atom. The highest BCUT2D eigenvalue weighted by Crippen LogP contribution is 2.38. The number of epoxide rings is 1. The first-order chi connectivity index (χ1) is 27.5. The van der Waals surface area contributed by atoms with Gasteiger partial charge < -0.3 is 32.6 Å². The summed E-state index contributed by atoms with van der Waals surface area (Å²) in [4.78, 5) is 37.7. The molecule has 1 aliphatic rings. The van der Waals surface area contributed by atoms with E-state index in [-0.39, 0.29) is 38.3 Å². The van der Waals surface area contributed by atoms with Gasteiger partial charge in [-0.25, -0.2) is 0 Å². The number of phosphoric ester groups is 1. The van der Waals surface area contributed by atoms with Gasteiger partial charge in [0, 0.05) is 12.8 Å². The molecule has 3 unspecified atom stereocenters. The number of unbranched alkanes of at least 4 members (excludes halogenated alkanes) is 17. The van der Waals surface area contributed by atoms with Crippen molar-refractivity contribution in [2.24, 2.45) is 0 Å². The van der Waals surface area contributed by atoms with Gasteiger partial charge in [0.05, 0.1) is 40.0 Å². The Bertz CT molecular complexity index is 1140. The maximum atomic E-state index is 12.8. The first-order valence-corrected chi connectivity index (χ1v) is 24.3. The second-order valence-corrected chi connectivity index (χ2v) is 18.2. The molecular weight excluding hydrogens is 741 g/mol. The minimum atomic E-state index is -4.65. The monoisotopic (exact) mass is 826 g/mol. The minimum absolute atomic E-state index is 0.0445. The zero-order valence-corrected chi connectivity index (χ0v) is 37.9. The molecule has 11 heteroatoms. The van der Waals surface area contributed by atoms with Crippen molar-refractivity contribution in [1.29, 1.82) is 0 Å². The van der Waals surface area contributed by atoms with Crippen molar-refractivity contribution in [1.82, 2.24) is 0 Å². The predicted octanol–water partition coefficient (Wildman–Crippen LogP) is 11.3. The molecule has 0 aromatic carbocycles. The SMILES string of the molecule is CCCCC/C=C\C/C=C\C/C=C\CC1OC1CCCC(=O)O[C@H](COC(=O)CCCCCCCCCCCCCCCCC)COP(=O)([O-])OCC[N+](C)(C)C. The van der Waals surface area contributed by atoms with Crippen LogP contribution in [0.5, 0.6) is 0 Å². The van der Waals surface area contributed by atoms with Crippen molar-refractivity contribution < 1.29 is 46.8 Å². The maximum Gasteiger partial charge on any atom is 0.306 e. The Morgan fingerprint density at radius 3 is 1.77 bits per heavy atom. The first-order valence-electron chi connectivity index (χ1n) is 22.8. The standard InChI is InChI=1S/C46H84NO9P/c1-6-8-10-12-14-16-18-20-21-22-24-26-28-30-32-36-45(48)52-40-42(41-54-57(50,51)53-39-38-47(3,4)5)55-46(49)37-33-35-44-43(56-44)34-31-29-27-25-23-19-17-15-13-11-9-7-2/h15,17,23,25,29,31,42-44H,6-14,16,18-22,24,26-28,30,32-41H2,1-5H3/b17-15-,25-23-,31-29-/t42-,43?,44?/m1/s1. The molecule has 332 valence electrons. The van der Waals surface area contributed by atoms with E-state index in [0.717, 1.165) is 51.4 Å². The number of nitrogens with zero attached hydrogens (tertiary/aromatic N) is 1. The zero-order valence-electron chi connectivity index (χ0n) is 37.0. The summed E-state index contributed by atoms with van der Waals surface area (Å²) >= 11 is 0. The van der Waals surface area contributed by atoms with E-state index < -0.39 is 32.5 Å². The van der Waals surface area contributed by atoms with Crippen LogP contribution in [-0.2, 0) is 37.4 Å². The van der Waals surface area contributed by atoms with Crippen LogP contribution in [0.2, 0.25) is 0 Å². The van der Waals surface area contributed by atoms with E-state index in [9.17, 15) is 19.0 Å². The lowest BCUT2D eigenvalue weighted by molar-refractivity contribution is -0.870. The highest BCUT2D eigenvalue weighted by molar-refractivity contribution is 7.45. The number of rotatable bonds is 40. The second kappa shape index (κ2) is 35.0. The van der Waals surface area contributed by atoms with E-state index in [4.69, 9.17) is 23.3 Å². The molecule has 0 amide bonds. The molecule has 0 aromatic rings. The van der Waals surface area contributed by atoms with E-state index in [2.05, 4.69) is 50.3 Å². The van der Waals surface area contributed by atoms with Gasteiger partial charge in [-0.2, -0.15) is 0 Å². The topological polar surface area (TPSA) is 124 Å². The summed E-state index contributed by atoms with van der Waals surface area (Å²) in [6, 6.07) is 0. The molecule has 0 aliphatic carbocycles. The van der Waals surface area contributed by atoms with Gasteiger partial charge in [-0.05, 0) is 51.4 Å². The fourth-order valence-electron chi connectivity index (χ4n) is 6.39. The van der Waals surface area contributed by atoms with Crippen LogP contribution < -0.4 is 4.89 Å². The summed E-state index contributed by atoms with van der Waals surface area (Å²) in [6.45, 7) is 4.12. The maximum absolute atomic E-state index is 12.8. The average molecular weight is 826 g/mol. The van der Waals surface area contributed by atoms with E-state index in [0.29, 0.717) is 17.4 Å². The number of esters is 2. The average Bonchev–Trinajstić information content (AvgIpc) is 3.91. The molecule has 0 spiro atoms. The van der Waals surface area contributed by atoms with Crippen LogP contribution in [0.3, 0.4) is 0 Å². The highest BCUT2D eigenvalue weighted by atomic mass is 31.2. The molecule has 1 heterocycles. The highest BCUT2D eigenvalue weighted by Gasteiger charge is 2.36. The molecule has 0 saturated carbocycles. The second-order valence-electron chi connectivity index (χ2n) is 16.8. The van der Waals surface area contributed by atoms with Crippen molar-refractivity contribution in [3.8, 4) is 0 Å². The van der Waals surface area contributed by atoms with E-state index in [1.165, 1.54) is 96.3 Å². The van der Waals surface area contributed by atoms with Gasteiger partial charge in [0.1, 0.15) is 19.8 Å². The van der Waals surface area contributed by atoms with Crippen LogP contribution in [-0.4, -0.2) is 82.2 Å². The van der Waals surface area contributed by atoms with Gasteiger partial charge in [0.2, 0.25) is 0 Å². The molecule has 4 atom stereocenters. The lowest BCUT2D eigenvalue weighted by Crippen LogP contribution is -2.37. The summed E-state index contributed by atoms with van der Waals surface area (Å²) in [6.07, 6.45) is 40.4. The number of carbonyl (C=O) groups excluding carboxylic acids is 2. The van der Waals surface area contributed by atoms with Gasteiger partial charge in [0.25, 0.3) is 7.82 Å². The molecule has 0 aromatic heterocycles. The van der Waals surface area contributed by atoms with Crippen LogP contribution in [0, 0.1) is 0 Å². The molecule has 1 fully saturated rings. The van der Waals surface area contributed by atoms with Crippen molar-refractivity contribution in [2.75, 3.05) is 47.5 Å². The largest absolute Gasteiger partial charge is 0.756 e. The van der Waals surface area contributed by atoms with Crippen LogP contribution in [0.4, 0.5) is 0 Å². The number of likely N-dealkylation sites (N-methyl/N-ethyl adjacent to an activating group) is 1. The fraction of sp³-hybridized carbons (Fsp3) is 0.826. The Kier molecular flexibility index (Phi) is 32.7. The third-order valence-electron chi connectivity index (χ3n) is 10.1. The van der Waals surface area contributed by atoms with Crippen molar-refractivity contribution in [3.05, 3.63) is 36.5 Å². The minimum Gasteiger partial charge on any atom is -0.756 e. The van der Waals surface area contributed by atoms with Gasteiger partial charge in [-0.3, -0.25) is 14.2 Å². The normalized spacial score (nSPS) is 17.4. The lowest BCUT2D eigenvalue weighted by atomic mass is 10.0. The van der Waals surface area contributed by atoms with E-state index in [1.807, 2.05) is 21.1 Å². The molecular formula is C46H84NO9P. The number of ether oxygens (including phenoxy) is 3. The third kappa shape index (κ3) is 35.8. The Hall–Kier alpha value is -1.81. The number of allylic oxidation sites excluding steroid dienone is 5. The Labute approximate surface area is 348 Å². The third-order valence-corrected chi connectivity index (χ3v) is 11.1. The molecule has 10 nitrogen and oxygen atoms in total. The number of quaternary nitrogens is 1. The fourth-order valence-corrected chi connectivity index (χ4v) is 7.12. The van der Waals surface area contributed by atoms with Crippen LogP contribution in [0.15, 0.2) is 36.5 Å². The Morgan fingerprint density at radius 1 is 0.649 bits per heavy atom. The summed E-state index contributed by atoms with van der Waals surface area (Å²) in [7, 11) is 1.12. The number of hydrogen-bond acceptors (Lipinski definition) is 9. The van der Waals surface area contributed by atoms with Crippen molar-refractivity contribution in [3.63, 3.8) is 0 Å². The summed E-state index contributed by atoms with van der Waals surface area (Å²) in [5.41, 5.74) is 0. The van der Waals surface area contributed by atoms with Gasteiger partial charge in [-0.1, -0.05) is 153 Å². The molecule has 1 aliphatic heterocycles. The first kappa shape index (κ1) is 53.2. The van der Waals surface area contributed by atoms with Gasteiger partial charge in [0.15, 0.2) is 6.10 Å². The zero-order chi connectivity index (χ0) is 41.9. The molecule has 0 radical (unpaired) electrons. The number of phosphoric acid groups is 1. The summed E-state index contributed by atoms with van der Waals surface area (Å²) in [5.74, 6) is -0.906. The van der Waals surface area contributed by atoms with Crippen molar-refractivity contribution in [2.45, 2.75) is 199 Å². The van der Waals surface area contributed by atoms with E-state index in [1.54, 1.807) is 0 Å². The van der Waals surface area contributed by atoms with Gasteiger partial charge >= 0.3 is 11.9 Å². The number of carbonyl (C=O) groups is 2. The molecule has 1 saturated heterocycles. The summed E-state index contributed by atoms with van der Waals surface area (Å²) < 4.78 is 39.7. The van der Waals surface area contributed by atoms with Crippen molar-refractivity contribution >= 4 is 19.8 Å². The molecule has 1 rings (SSSR count). The molecule has 0 bridgehead atoms. The summed E-state index contributed by atoms with van der Waals surface area (Å²) in [5, 5.41) is 0.